The fourth-order valence-corrected chi connectivity index (χ4v) is 4.55. The first kappa shape index (κ1) is 22.8. The van der Waals surface area contributed by atoms with E-state index in [4.69, 9.17) is 0 Å². The van der Waals surface area contributed by atoms with E-state index >= 15 is 0 Å². The highest BCUT2D eigenvalue weighted by Crippen LogP contribution is 2.23. The molecule has 0 aliphatic carbocycles. The molecule has 3 rings (SSSR count). The molecule has 2 aliphatic heterocycles. The predicted molar refractivity (Wildman–Crippen MR) is 121 cm³/mol. The average molecular weight is 414 g/mol. The lowest BCUT2D eigenvalue weighted by atomic mass is 9.92. The Hall–Kier alpha value is -1.88. The van der Waals surface area contributed by atoms with Gasteiger partial charge in [0.2, 0.25) is 11.8 Å². The smallest absolute Gasteiger partial charge is 0.222 e. The van der Waals surface area contributed by atoms with E-state index in [-0.39, 0.29) is 5.91 Å². The zero-order valence-electron chi connectivity index (χ0n) is 19.1. The van der Waals surface area contributed by atoms with Crippen LogP contribution in [-0.4, -0.2) is 72.3 Å². The molecule has 0 aromatic heterocycles. The summed E-state index contributed by atoms with van der Waals surface area (Å²) in [6.45, 7) is 12.9. The van der Waals surface area contributed by atoms with E-state index in [1.54, 1.807) is 0 Å². The van der Waals surface area contributed by atoms with E-state index in [0.29, 0.717) is 30.6 Å². The van der Waals surface area contributed by atoms with Crippen LogP contribution in [0, 0.1) is 5.92 Å². The molecule has 166 valence electrons. The largest absolute Gasteiger partial charge is 0.343 e. The van der Waals surface area contributed by atoms with Crippen molar-refractivity contribution in [3.05, 3.63) is 35.4 Å². The second kappa shape index (κ2) is 10.9. The molecule has 0 bridgehead atoms. The molecule has 0 atom stereocenters. The third kappa shape index (κ3) is 6.31. The van der Waals surface area contributed by atoms with Crippen molar-refractivity contribution >= 4 is 11.8 Å². The number of amides is 2. The molecule has 0 N–H and O–H groups in total. The van der Waals surface area contributed by atoms with Gasteiger partial charge >= 0.3 is 0 Å². The molecule has 30 heavy (non-hydrogen) atoms. The number of likely N-dealkylation sites (N-methyl/N-ethyl adjacent to an activating group) is 1. The SMILES string of the molecule is CCN1CCN(C(=O)CC2CCN(C(=O)CCc3ccc(C(C)C)cc3)CC2)CC1. The molecule has 0 saturated carbocycles. The summed E-state index contributed by atoms with van der Waals surface area (Å²) >= 11 is 0. The van der Waals surface area contributed by atoms with Gasteiger partial charge in [0.1, 0.15) is 0 Å². The minimum atomic E-state index is 0.253. The third-order valence-electron chi connectivity index (χ3n) is 6.88. The number of aryl methyl sites for hydroxylation is 1. The van der Waals surface area contributed by atoms with Crippen molar-refractivity contribution in [2.75, 3.05) is 45.8 Å². The summed E-state index contributed by atoms with van der Waals surface area (Å²) in [5, 5.41) is 0. The van der Waals surface area contributed by atoms with Crippen molar-refractivity contribution in [2.45, 2.75) is 58.8 Å². The van der Waals surface area contributed by atoms with E-state index < -0.39 is 0 Å². The standard InChI is InChI=1S/C25H39N3O2/c1-4-26-15-17-28(18-16-26)25(30)19-22-11-13-27(14-12-22)24(29)10-7-21-5-8-23(9-6-21)20(2)3/h5-6,8-9,20,22H,4,7,10-19H2,1-3H3. The Morgan fingerprint density at radius 3 is 2.07 bits per heavy atom. The molecule has 1 aromatic carbocycles. The molecule has 2 saturated heterocycles. The Morgan fingerprint density at radius 1 is 0.900 bits per heavy atom. The third-order valence-corrected chi connectivity index (χ3v) is 6.88. The lowest BCUT2D eigenvalue weighted by Gasteiger charge is -2.36. The van der Waals surface area contributed by atoms with Crippen LogP contribution in [0.5, 0.6) is 0 Å². The topological polar surface area (TPSA) is 43.9 Å². The molecule has 5 heteroatoms. The molecule has 1 aromatic rings. The van der Waals surface area contributed by atoms with Crippen molar-refractivity contribution in [3.8, 4) is 0 Å². The van der Waals surface area contributed by atoms with E-state index in [1.165, 1.54) is 11.1 Å². The summed E-state index contributed by atoms with van der Waals surface area (Å²) in [6.07, 6.45) is 3.94. The highest BCUT2D eigenvalue weighted by atomic mass is 16.2. The Balaban J connectivity index is 1.36. The van der Waals surface area contributed by atoms with Gasteiger partial charge in [-0.05, 0) is 48.8 Å². The first-order valence-corrected chi connectivity index (χ1v) is 11.8. The fourth-order valence-electron chi connectivity index (χ4n) is 4.55. The first-order valence-electron chi connectivity index (χ1n) is 11.8. The van der Waals surface area contributed by atoms with Gasteiger partial charge in [-0.1, -0.05) is 45.0 Å². The zero-order valence-corrected chi connectivity index (χ0v) is 19.1. The number of likely N-dealkylation sites (tertiary alicyclic amines) is 1. The van der Waals surface area contributed by atoms with Crippen molar-refractivity contribution < 1.29 is 9.59 Å². The van der Waals surface area contributed by atoms with Gasteiger partial charge in [0.05, 0.1) is 0 Å². The molecule has 2 heterocycles. The number of piperazine rings is 1. The van der Waals surface area contributed by atoms with Gasteiger partial charge in [-0.25, -0.2) is 0 Å². The Morgan fingerprint density at radius 2 is 1.50 bits per heavy atom. The highest BCUT2D eigenvalue weighted by Gasteiger charge is 2.27. The fraction of sp³-hybridized carbons (Fsp3) is 0.680. The van der Waals surface area contributed by atoms with Crippen LogP contribution < -0.4 is 0 Å². The zero-order chi connectivity index (χ0) is 21.5. The van der Waals surface area contributed by atoms with Crippen LogP contribution in [-0.2, 0) is 16.0 Å². The molecular weight excluding hydrogens is 374 g/mol. The van der Waals surface area contributed by atoms with Crippen molar-refractivity contribution in [2.24, 2.45) is 5.92 Å². The molecule has 2 amide bonds. The summed E-state index contributed by atoms with van der Waals surface area (Å²) in [6, 6.07) is 8.66. The van der Waals surface area contributed by atoms with Crippen molar-refractivity contribution in [1.29, 1.82) is 0 Å². The van der Waals surface area contributed by atoms with Gasteiger partial charge < -0.3 is 14.7 Å². The van der Waals surface area contributed by atoms with Crippen LogP contribution in [0.1, 0.15) is 63.5 Å². The lowest BCUT2D eigenvalue weighted by molar-refractivity contribution is -0.135. The number of carbonyl (C=O) groups excluding carboxylic acids is 2. The number of hydrogen-bond acceptors (Lipinski definition) is 3. The van der Waals surface area contributed by atoms with E-state index in [0.717, 1.165) is 65.1 Å². The number of carbonyl (C=O) groups is 2. The van der Waals surface area contributed by atoms with Crippen LogP contribution >= 0.6 is 0 Å². The molecule has 0 spiro atoms. The van der Waals surface area contributed by atoms with Crippen molar-refractivity contribution in [3.63, 3.8) is 0 Å². The maximum absolute atomic E-state index is 12.6. The number of rotatable bonds is 7. The molecule has 0 unspecified atom stereocenters. The van der Waals surface area contributed by atoms with Gasteiger partial charge in [0.15, 0.2) is 0 Å². The molecule has 5 nitrogen and oxygen atoms in total. The Bertz CT molecular complexity index is 685. The number of piperidine rings is 1. The predicted octanol–water partition coefficient (Wildman–Crippen LogP) is 3.54. The lowest BCUT2D eigenvalue weighted by Crippen LogP contribution is -2.49. The van der Waals surface area contributed by atoms with Crippen LogP contribution in [0.15, 0.2) is 24.3 Å². The Kier molecular flexibility index (Phi) is 8.32. The van der Waals surface area contributed by atoms with Gasteiger partial charge in [0.25, 0.3) is 0 Å². The highest BCUT2D eigenvalue weighted by molar-refractivity contribution is 5.77. The quantitative estimate of drug-likeness (QED) is 0.687. The molecule has 2 fully saturated rings. The summed E-state index contributed by atoms with van der Waals surface area (Å²) in [4.78, 5) is 31.7. The van der Waals surface area contributed by atoms with E-state index in [2.05, 4.69) is 49.9 Å². The average Bonchev–Trinajstić information content (AvgIpc) is 2.78. The first-order chi connectivity index (χ1) is 14.5. The second-order valence-corrected chi connectivity index (χ2v) is 9.24. The maximum Gasteiger partial charge on any atom is 0.222 e. The second-order valence-electron chi connectivity index (χ2n) is 9.24. The number of benzene rings is 1. The van der Waals surface area contributed by atoms with Crippen LogP contribution in [0.2, 0.25) is 0 Å². The van der Waals surface area contributed by atoms with Crippen molar-refractivity contribution in [1.82, 2.24) is 14.7 Å². The minimum absolute atomic E-state index is 0.253. The number of hydrogen-bond donors (Lipinski definition) is 0. The van der Waals surface area contributed by atoms with Crippen LogP contribution in [0.3, 0.4) is 0 Å². The number of nitrogens with zero attached hydrogens (tertiary/aromatic N) is 3. The minimum Gasteiger partial charge on any atom is -0.343 e. The normalized spacial score (nSPS) is 18.8. The summed E-state index contributed by atoms with van der Waals surface area (Å²) in [7, 11) is 0. The van der Waals surface area contributed by atoms with Gasteiger partial charge in [-0.3, -0.25) is 9.59 Å². The molecule has 2 aliphatic rings. The van der Waals surface area contributed by atoms with E-state index in [9.17, 15) is 9.59 Å². The summed E-state index contributed by atoms with van der Waals surface area (Å²) in [5.41, 5.74) is 2.57. The monoisotopic (exact) mass is 413 g/mol. The molecular formula is C25H39N3O2. The van der Waals surface area contributed by atoms with Crippen LogP contribution in [0.25, 0.3) is 0 Å². The van der Waals surface area contributed by atoms with Gasteiger partial charge in [-0.15, -0.1) is 0 Å². The van der Waals surface area contributed by atoms with E-state index in [1.807, 2.05) is 9.80 Å². The van der Waals surface area contributed by atoms with Crippen LogP contribution in [0.4, 0.5) is 0 Å². The summed E-state index contributed by atoms with van der Waals surface area (Å²) < 4.78 is 0. The van der Waals surface area contributed by atoms with Gasteiger partial charge in [-0.2, -0.15) is 0 Å². The maximum atomic E-state index is 12.6. The molecule has 0 radical (unpaired) electrons. The Labute approximate surface area is 182 Å². The summed E-state index contributed by atoms with van der Waals surface area (Å²) in [5.74, 6) is 1.52. The van der Waals surface area contributed by atoms with Gasteiger partial charge in [0, 0.05) is 52.1 Å².